The minimum Gasteiger partial charge on any atom is -0.347 e. The Morgan fingerprint density at radius 1 is 1.00 bits per heavy atom. The summed E-state index contributed by atoms with van der Waals surface area (Å²) < 4.78 is 0. The lowest BCUT2D eigenvalue weighted by Crippen LogP contribution is -2.29. The molecule has 0 saturated heterocycles. The van der Waals surface area contributed by atoms with Crippen molar-refractivity contribution in [3.05, 3.63) is 0 Å². The predicted molar refractivity (Wildman–Crippen MR) is 74.8 cm³/mol. The van der Waals surface area contributed by atoms with Crippen LogP contribution >= 0.6 is 0 Å². The third-order valence-corrected chi connectivity index (χ3v) is 2.41. The van der Waals surface area contributed by atoms with Crippen LogP contribution in [0.5, 0.6) is 0 Å². The van der Waals surface area contributed by atoms with E-state index in [0.717, 1.165) is 25.9 Å². The van der Waals surface area contributed by atoms with Gasteiger partial charge < -0.3 is 9.80 Å². The normalized spacial score (nSPS) is 10.3. The van der Waals surface area contributed by atoms with Crippen molar-refractivity contribution in [3.8, 4) is 0 Å². The number of nitrogens with two attached hydrogens (primary N) is 1. The molecule has 1 rings (SSSR count). The van der Waals surface area contributed by atoms with Gasteiger partial charge in [-0.15, -0.1) is 0 Å². The van der Waals surface area contributed by atoms with Gasteiger partial charge in [0.05, 0.1) is 0 Å². The second-order valence-corrected chi connectivity index (χ2v) is 4.28. The molecule has 0 aliphatic carbocycles. The molecule has 1 heterocycles. The minimum absolute atomic E-state index is 0.390. The van der Waals surface area contributed by atoms with Crippen LogP contribution in [0.4, 0.5) is 17.8 Å². The number of rotatable bonds is 7. The number of hydrazine groups is 1. The highest BCUT2D eigenvalue weighted by molar-refractivity contribution is 5.43. The molecule has 7 heteroatoms. The summed E-state index contributed by atoms with van der Waals surface area (Å²) in [5.41, 5.74) is 2.49. The maximum absolute atomic E-state index is 5.40. The van der Waals surface area contributed by atoms with Crippen LogP contribution in [-0.2, 0) is 0 Å². The zero-order valence-electron chi connectivity index (χ0n) is 11.6. The third kappa shape index (κ3) is 3.69. The Kier molecular flexibility index (Phi) is 5.57. The van der Waals surface area contributed by atoms with Crippen LogP contribution in [0, 0.1) is 0 Å². The number of anilines is 3. The summed E-state index contributed by atoms with van der Waals surface area (Å²) in [5.74, 6) is 7.06. The van der Waals surface area contributed by atoms with Gasteiger partial charge in [0.15, 0.2) is 0 Å². The molecule has 0 atom stereocenters. The molecule has 0 saturated carbocycles. The fraction of sp³-hybridized carbons (Fsp3) is 0.727. The van der Waals surface area contributed by atoms with Gasteiger partial charge >= 0.3 is 0 Å². The minimum atomic E-state index is 0.390. The first-order valence-electron chi connectivity index (χ1n) is 6.27. The van der Waals surface area contributed by atoms with E-state index in [1.807, 2.05) is 19.0 Å². The zero-order valence-corrected chi connectivity index (χ0v) is 11.6. The lowest BCUT2D eigenvalue weighted by atomic mass is 10.4. The molecule has 0 aromatic carbocycles. The largest absolute Gasteiger partial charge is 0.347 e. The van der Waals surface area contributed by atoms with E-state index in [1.165, 1.54) is 0 Å². The smallest absolute Gasteiger partial charge is 0.243 e. The third-order valence-electron chi connectivity index (χ3n) is 2.41. The second-order valence-electron chi connectivity index (χ2n) is 4.28. The van der Waals surface area contributed by atoms with Crippen molar-refractivity contribution >= 4 is 17.8 Å². The van der Waals surface area contributed by atoms with Crippen molar-refractivity contribution in [2.45, 2.75) is 26.7 Å². The monoisotopic (exact) mass is 253 g/mol. The lowest BCUT2D eigenvalue weighted by molar-refractivity contribution is 0.716. The summed E-state index contributed by atoms with van der Waals surface area (Å²) in [7, 11) is 3.78. The maximum Gasteiger partial charge on any atom is 0.243 e. The first kappa shape index (κ1) is 14.4. The van der Waals surface area contributed by atoms with Gasteiger partial charge in [-0.25, -0.2) is 5.84 Å². The summed E-state index contributed by atoms with van der Waals surface area (Å²) in [6, 6.07) is 0. The molecule has 0 amide bonds. The number of hydrogen-bond acceptors (Lipinski definition) is 7. The Hall–Kier alpha value is -1.63. The topological polar surface area (TPSA) is 83.2 Å². The average Bonchev–Trinajstić information content (AvgIpc) is 2.37. The van der Waals surface area contributed by atoms with Gasteiger partial charge in [-0.05, 0) is 12.8 Å². The fourth-order valence-electron chi connectivity index (χ4n) is 1.61. The van der Waals surface area contributed by atoms with Crippen LogP contribution in [0.2, 0.25) is 0 Å². The SMILES string of the molecule is CCCN(CCC)c1nc(NN)nc(N(C)C)n1. The predicted octanol–water partition coefficient (Wildman–Crippen LogP) is 0.850. The Bertz CT molecular complexity index is 360. The second kappa shape index (κ2) is 6.95. The number of aromatic nitrogens is 3. The van der Waals surface area contributed by atoms with E-state index in [1.54, 1.807) is 0 Å². The van der Waals surface area contributed by atoms with Crippen molar-refractivity contribution in [1.29, 1.82) is 0 Å². The van der Waals surface area contributed by atoms with E-state index in [2.05, 4.69) is 39.1 Å². The average molecular weight is 253 g/mol. The molecule has 0 bridgehead atoms. The summed E-state index contributed by atoms with van der Waals surface area (Å²) in [6.45, 7) is 6.13. The van der Waals surface area contributed by atoms with Crippen molar-refractivity contribution in [3.63, 3.8) is 0 Å². The molecule has 0 unspecified atom stereocenters. The summed E-state index contributed by atoms with van der Waals surface area (Å²) >= 11 is 0. The fourth-order valence-corrected chi connectivity index (χ4v) is 1.61. The van der Waals surface area contributed by atoms with Gasteiger partial charge in [0, 0.05) is 27.2 Å². The first-order valence-corrected chi connectivity index (χ1v) is 6.27. The number of nitrogens with zero attached hydrogens (tertiary/aromatic N) is 5. The molecule has 1 aromatic heterocycles. The molecule has 7 nitrogen and oxygen atoms in total. The quantitative estimate of drug-likeness (QED) is 0.550. The highest BCUT2D eigenvalue weighted by Gasteiger charge is 2.12. The zero-order chi connectivity index (χ0) is 13.5. The molecule has 0 aliphatic heterocycles. The summed E-state index contributed by atoms with van der Waals surface area (Å²) in [4.78, 5) is 16.9. The van der Waals surface area contributed by atoms with Crippen LogP contribution in [0.15, 0.2) is 0 Å². The van der Waals surface area contributed by atoms with Crippen LogP contribution < -0.4 is 21.1 Å². The van der Waals surface area contributed by atoms with Crippen molar-refractivity contribution in [2.75, 3.05) is 42.4 Å². The van der Waals surface area contributed by atoms with Gasteiger partial charge in [-0.3, -0.25) is 5.43 Å². The number of hydrogen-bond donors (Lipinski definition) is 2. The van der Waals surface area contributed by atoms with Gasteiger partial charge in [0.2, 0.25) is 17.8 Å². The molecule has 102 valence electrons. The highest BCUT2D eigenvalue weighted by atomic mass is 15.4. The van der Waals surface area contributed by atoms with E-state index < -0.39 is 0 Å². The van der Waals surface area contributed by atoms with Crippen LogP contribution in [0.3, 0.4) is 0 Å². The van der Waals surface area contributed by atoms with E-state index in [0.29, 0.717) is 17.8 Å². The molecule has 0 radical (unpaired) electrons. The van der Waals surface area contributed by atoms with Crippen LogP contribution in [0.1, 0.15) is 26.7 Å². The standard InChI is InChI=1S/C11H23N7/c1-5-7-18(8-6-2)11-14-9(16-12)13-10(15-11)17(3)4/h5-8,12H2,1-4H3,(H,13,14,15,16). The van der Waals surface area contributed by atoms with Crippen LogP contribution in [-0.4, -0.2) is 42.1 Å². The van der Waals surface area contributed by atoms with E-state index in [4.69, 9.17) is 5.84 Å². The first-order chi connectivity index (χ1) is 8.62. The highest BCUT2D eigenvalue weighted by Crippen LogP contribution is 2.15. The molecule has 3 N–H and O–H groups in total. The van der Waals surface area contributed by atoms with E-state index >= 15 is 0 Å². The molecular formula is C11H23N7. The number of nitrogen functional groups attached to an aromatic ring is 1. The van der Waals surface area contributed by atoms with Gasteiger partial charge in [0.1, 0.15) is 0 Å². The molecule has 1 aromatic rings. The van der Waals surface area contributed by atoms with Crippen molar-refractivity contribution in [2.24, 2.45) is 5.84 Å². The molecule has 18 heavy (non-hydrogen) atoms. The van der Waals surface area contributed by atoms with Crippen molar-refractivity contribution in [1.82, 2.24) is 15.0 Å². The molecule has 0 aliphatic rings. The number of nitrogens with one attached hydrogen (secondary N) is 1. The summed E-state index contributed by atoms with van der Waals surface area (Å²) in [6.07, 6.45) is 2.10. The molecular weight excluding hydrogens is 230 g/mol. The Morgan fingerprint density at radius 2 is 1.56 bits per heavy atom. The Morgan fingerprint density at radius 3 is 2.00 bits per heavy atom. The van der Waals surface area contributed by atoms with Crippen LogP contribution in [0.25, 0.3) is 0 Å². The lowest BCUT2D eigenvalue weighted by Gasteiger charge is -2.22. The Balaban J connectivity index is 3.07. The Labute approximate surface area is 108 Å². The van der Waals surface area contributed by atoms with Gasteiger partial charge in [-0.1, -0.05) is 13.8 Å². The molecule has 0 fully saturated rings. The molecule has 0 spiro atoms. The maximum atomic E-state index is 5.40. The van der Waals surface area contributed by atoms with Gasteiger partial charge in [0.25, 0.3) is 0 Å². The summed E-state index contributed by atoms with van der Waals surface area (Å²) in [5, 5.41) is 0. The van der Waals surface area contributed by atoms with E-state index in [-0.39, 0.29) is 0 Å². The van der Waals surface area contributed by atoms with E-state index in [9.17, 15) is 0 Å². The van der Waals surface area contributed by atoms with Crippen molar-refractivity contribution < 1.29 is 0 Å². The van der Waals surface area contributed by atoms with Gasteiger partial charge in [-0.2, -0.15) is 15.0 Å².